The van der Waals surface area contributed by atoms with Crippen LogP contribution in [0.15, 0.2) is 90.0 Å². The quantitative estimate of drug-likeness (QED) is 0.334. The molecule has 0 unspecified atom stereocenters. The number of benzene rings is 3. The largest absolute Gasteiger partial charge is 0.245 e. The Balaban J connectivity index is 1.71. The van der Waals surface area contributed by atoms with Gasteiger partial charge in [-0.1, -0.05) is 42.5 Å². The van der Waals surface area contributed by atoms with Gasteiger partial charge >= 0.3 is 0 Å². The van der Waals surface area contributed by atoms with Gasteiger partial charge in [-0.25, -0.2) is 24.2 Å². The number of rotatable bonds is 5. The molecule has 1 N–H and O–H groups in total. The highest BCUT2D eigenvalue weighted by molar-refractivity contribution is 5.99. The number of hydrogen-bond acceptors (Lipinski definition) is 4. The van der Waals surface area contributed by atoms with Gasteiger partial charge in [-0.15, -0.1) is 0 Å². The third-order valence-corrected chi connectivity index (χ3v) is 4.52. The number of aromatic nitrogens is 2. The number of hydrogen-bond donors (Lipinski definition) is 1. The van der Waals surface area contributed by atoms with E-state index in [0.29, 0.717) is 23.0 Å². The molecule has 3 aromatic carbocycles. The second-order valence-electron chi connectivity index (χ2n) is 6.65. The van der Waals surface area contributed by atoms with Crippen molar-refractivity contribution in [2.75, 3.05) is 5.43 Å². The normalized spacial score (nSPS) is 11.4. The van der Waals surface area contributed by atoms with Gasteiger partial charge in [0, 0.05) is 11.1 Å². The Labute approximate surface area is 173 Å². The van der Waals surface area contributed by atoms with Crippen LogP contribution in [0.3, 0.4) is 0 Å². The van der Waals surface area contributed by atoms with E-state index in [1.54, 1.807) is 24.3 Å². The molecule has 4 nitrogen and oxygen atoms in total. The maximum atomic E-state index is 13.3. The fourth-order valence-corrected chi connectivity index (χ4v) is 2.91. The van der Waals surface area contributed by atoms with E-state index < -0.39 is 0 Å². The van der Waals surface area contributed by atoms with Gasteiger partial charge in [0.25, 0.3) is 0 Å². The van der Waals surface area contributed by atoms with Crippen molar-refractivity contribution >= 4 is 11.7 Å². The molecule has 1 aromatic heterocycles. The standard InChI is InChI=1S/C24H18F2N4/c1-16(17-7-11-20(25)12-8-17)29-30-24-27-22(18-5-3-2-4-6-18)15-23(28-24)19-9-13-21(26)14-10-19/h2-15H,1H3,(H,27,28,30)/b29-16+. The maximum absolute atomic E-state index is 13.3. The van der Waals surface area contributed by atoms with Crippen molar-refractivity contribution in [3.05, 3.63) is 102 Å². The minimum Gasteiger partial charge on any atom is -0.245 e. The van der Waals surface area contributed by atoms with E-state index in [1.807, 2.05) is 43.3 Å². The van der Waals surface area contributed by atoms with Crippen LogP contribution >= 0.6 is 0 Å². The predicted octanol–water partition coefficient (Wildman–Crippen LogP) is 5.92. The van der Waals surface area contributed by atoms with Crippen molar-refractivity contribution in [1.29, 1.82) is 0 Å². The van der Waals surface area contributed by atoms with Gasteiger partial charge in [0.2, 0.25) is 5.95 Å². The Morgan fingerprint density at radius 3 is 1.87 bits per heavy atom. The van der Waals surface area contributed by atoms with Crippen molar-refractivity contribution < 1.29 is 8.78 Å². The van der Waals surface area contributed by atoms with Crippen LogP contribution in [0, 0.1) is 11.6 Å². The van der Waals surface area contributed by atoms with E-state index in [4.69, 9.17) is 0 Å². The third kappa shape index (κ3) is 4.55. The van der Waals surface area contributed by atoms with Crippen molar-refractivity contribution in [2.24, 2.45) is 5.10 Å². The predicted molar refractivity (Wildman–Crippen MR) is 115 cm³/mol. The highest BCUT2D eigenvalue weighted by Gasteiger charge is 2.09. The molecule has 0 fully saturated rings. The van der Waals surface area contributed by atoms with Crippen LogP contribution in [0.2, 0.25) is 0 Å². The highest BCUT2D eigenvalue weighted by atomic mass is 19.1. The van der Waals surface area contributed by atoms with Crippen LogP contribution in [0.1, 0.15) is 12.5 Å². The zero-order chi connectivity index (χ0) is 20.9. The molecule has 0 radical (unpaired) electrons. The van der Waals surface area contributed by atoms with E-state index in [-0.39, 0.29) is 11.6 Å². The minimum absolute atomic E-state index is 0.303. The van der Waals surface area contributed by atoms with Crippen LogP contribution in [0.5, 0.6) is 0 Å². The monoisotopic (exact) mass is 400 g/mol. The summed E-state index contributed by atoms with van der Waals surface area (Å²) >= 11 is 0. The number of halogens is 2. The molecule has 0 amide bonds. The lowest BCUT2D eigenvalue weighted by molar-refractivity contribution is 0.627. The van der Waals surface area contributed by atoms with Crippen molar-refractivity contribution in [2.45, 2.75) is 6.92 Å². The molecule has 0 bridgehead atoms. The highest BCUT2D eigenvalue weighted by Crippen LogP contribution is 2.25. The first-order valence-electron chi connectivity index (χ1n) is 9.35. The summed E-state index contributed by atoms with van der Waals surface area (Å²) in [6.07, 6.45) is 0. The minimum atomic E-state index is -0.311. The summed E-state index contributed by atoms with van der Waals surface area (Å²) in [6, 6.07) is 23.7. The zero-order valence-electron chi connectivity index (χ0n) is 16.2. The first-order valence-corrected chi connectivity index (χ1v) is 9.35. The van der Waals surface area contributed by atoms with Crippen LogP contribution in [-0.2, 0) is 0 Å². The summed E-state index contributed by atoms with van der Waals surface area (Å²) in [5.41, 5.74) is 7.36. The average molecular weight is 400 g/mol. The van der Waals surface area contributed by atoms with Gasteiger partial charge in [0.05, 0.1) is 17.1 Å². The lowest BCUT2D eigenvalue weighted by Gasteiger charge is -2.09. The topological polar surface area (TPSA) is 50.2 Å². The third-order valence-electron chi connectivity index (χ3n) is 4.52. The molecule has 0 atom stereocenters. The number of nitrogens with one attached hydrogen (secondary N) is 1. The van der Waals surface area contributed by atoms with Crippen LogP contribution in [0.25, 0.3) is 22.5 Å². The Bertz CT molecular complexity index is 1170. The van der Waals surface area contributed by atoms with Crippen LogP contribution in [0.4, 0.5) is 14.7 Å². The molecule has 6 heteroatoms. The second kappa shape index (κ2) is 8.61. The number of hydrazone groups is 1. The van der Waals surface area contributed by atoms with E-state index in [9.17, 15) is 8.78 Å². The van der Waals surface area contributed by atoms with E-state index in [1.165, 1.54) is 24.3 Å². The molecule has 0 saturated heterocycles. The van der Waals surface area contributed by atoms with E-state index in [2.05, 4.69) is 20.5 Å². The molecule has 4 aromatic rings. The molecule has 1 heterocycles. The second-order valence-corrected chi connectivity index (χ2v) is 6.65. The number of nitrogens with zero attached hydrogens (tertiary/aromatic N) is 3. The van der Waals surface area contributed by atoms with Crippen molar-refractivity contribution in [3.63, 3.8) is 0 Å². The Kier molecular flexibility index (Phi) is 5.57. The summed E-state index contributed by atoms with van der Waals surface area (Å²) in [5, 5.41) is 4.34. The van der Waals surface area contributed by atoms with Gasteiger partial charge < -0.3 is 0 Å². The Morgan fingerprint density at radius 1 is 0.733 bits per heavy atom. The molecule has 0 aliphatic heterocycles. The molecule has 0 saturated carbocycles. The molecule has 4 rings (SSSR count). The molecular weight excluding hydrogens is 382 g/mol. The lowest BCUT2D eigenvalue weighted by atomic mass is 10.1. The summed E-state index contributed by atoms with van der Waals surface area (Å²) in [5.74, 6) is -0.312. The molecule has 0 aliphatic carbocycles. The van der Waals surface area contributed by atoms with Crippen LogP contribution < -0.4 is 5.43 Å². The summed E-state index contributed by atoms with van der Waals surface area (Å²) < 4.78 is 26.5. The summed E-state index contributed by atoms with van der Waals surface area (Å²) in [6.45, 7) is 1.81. The van der Waals surface area contributed by atoms with Gasteiger partial charge in [0.15, 0.2) is 0 Å². The zero-order valence-corrected chi connectivity index (χ0v) is 16.2. The van der Waals surface area contributed by atoms with Crippen LogP contribution in [-0.4, -0.2) is 15.7 Å². The summed E-state index contributed by atoms with van der Waals surface area (Å²) in [4.78, 5) is 9.09. The first-order chi connectivity index (χ1) is 14.6. The first kappa shape index (κ1) is 19.4. The van der Waals surface area contributed by atoms with Gasteiger partial charge in [-0.3, -0.25) is 0 Å². The summed E-state index contributed by atoms with van der Waals surface area (Å²) in [7, 11) is 0. The molecule has 0 spiro atoms. The van der Waals surface area contributed by atoms with Gasteiger partial charge in [-0.05, 0) is 55.0 Å². The van der Waals surface area contributed by atoms with Gasteiger partial charge in [-0.2, -0.15) is 5.10 Å². The SMILES string of the molecule is C/C(=N\Nc1nc(-c2ccccc2)cc(-c2ccc(F)cc2)n1)c1ccc(F)cc1. The smallest absolute Gasteiger partial charge is 0.244 e. The molecular formula is C24H18F2N4. The van der Waals surface area contributed by atoms with E-state index >= 15 is 0 Å². The molecule has 30 heavy (non-hydrogen) atoms. The maximum Gasteiger partial charge on any atom is 0.244 e. The average Bonchev–Trinajstić information content (AvgIpc) is 2.79. The molecule has 0 aliphatic rings. The Hall–Kier alpha value is -3.93. The van der Waals surface area contributed by atoms with E-state index in [0.717, 1.165) is 16.7 Å². The Morgan fingerprint density at radius 2 is 1.27 bits per heavy atom. The van der Waals surface area contributed by atoms with Crippen molar-refractivity contribution in [3.8, 4) is 22.5 Å². The fraction of sp³-hybridized carbons (Fsp3) is 0.0417. The fourth-order valence-electron chi connectivity index (χ4n) is 2.91. The molecule has 148 valence electrons. The van der Waals surface area contributed by atoms with Gasteiger partial charge in [0.1, 0.15) is 11.6 Å². The lowest BCUT2D eigenvalue weighted by Crippen LogP contribution is -2.04. The van der Waals surface area contributed by atoms with Crippen molar-refractivity contribution in [1.82, 2.24) is 9.97 Å². The number of anilines is 1.